The van der Waals surface area contributed by atoms with Gasteiger partial charge in [-0.05, 0) is 48.4 Å². The second-order valence-corrected chi connectivity index (χ2v) is 6.70. The fraction of sp³-hybridized carbons (Fsp3) is 0.208. The zero-order valence-corrected chi connectivity index (χ0v) is 17.5. The molecule has 0 spiro atoms. The highest BCUT2D eigenvalue weighted by molar-refractivity contribution is 6.06. The zero-order valence-electron chi connectivity index (χ0n) is 16.7. The van der Waals surface area contributed by atoms with Crippen LogP contribution in [0.1, 0.15) is 11.1 Å². The minimum absolute atomic E-state index is 0. The van der Waals surface area contributed by atoms with E-state index in [0.717, 1.165) is 47.1 Å². The minimum atomic E-state index is 0. The first kappa shape index (κ1) is 20.7. The number of benzene rings is 3. The summed E-state index contributed by atoms with van der Waals surface area (Å²) in [6.45, 7) is 1.48. The van der Waals surface area contributed by atoms with Crippen molar-refractivity contribution in [2.45, 2.75) is 6.42 Å². The van der Waals surface area contributed by atoms with E-state index in [-0.39, 0.29) is 12.4 Å². The largest absolute Gasteiger partial charge is 0.493 e. The zero-order chi connectivity index (χ0) is 19.3. The molecule has 0 N–H and O–H groups in total. The molecule has 3 aromatic carbocycles. The first-order valence-electron chi connectivity index (χ1n) is 9.46. The molecule has 0 bridgehead atoms. The molecule has 1 aliphatic rings. The van der Waals surface area contributed by atoms with Crippen LogP contribution in [0.2, 0.25) is 0 Å². The molecule has 1 heterocycles. The number of nitrogens with zero attached hydrogens (tertiary/aromatic N) is 2. The third-order valence-electron chi connectivity index (χ3n) is 5.05. The van der Waals surface area contributed by atoms with Crippen LogP contribution in [0.3, 0.4) is 0 Å². The highest BCUT2D eigenvalue weighted by Gasteiger charge is 2.21. The maximum Gasteiger partial charge on any atom is 0.161 e. The molecular formula is C24H25ClN2O2. The van der Waals surface area contributed by atoms with Gasteiger partial charge in [-0.1, -0.05) is 36.4 Å². The van der Waals surface area contributed by atoms with E-state index in [1.807, 2.05) is 12.1 Å². The Balaban J connectivity index is 0.00000240. The number of para-hydroxylation sites is 2. The number of hydrogen-bond acceptors (Lipinski definition) is 4. The van der Waals surface area contributed by atoms with Gasteiger partial charge in [0, 0.05) is 23.5 Å². The minimum Gasteiger partial charge on any atom is -0.493 e. The number of anilines is 2. The molecular weight excluding hydrogens is 384 g/mol. The van der Waals surface area contributed by atoms with Crippen molar-refractivity contribution in [3.8, 4) is 11.5 Å². The van der Waals surface area contributed by atoms with Crippen molar-refractivity contribution in [2.75, 3.05) is 32.2 Å². The molecule has 150 valence electrons. The second-order valence-electron chi connectivity index (χ2n) is 6.70. The Morgan fingerprint density at radius 3 is 1.93 bits per heavy atom. The van der Waals surface area contributed by atoms with Crippen molar-refractivity contribution in [3.63, 3.8) is 0 Å². The molecule has 3 aromatic rings. The van der Waals surface area contributed by atoms with E-state index >= 15 is 0 Å². The highest BCUT2D eigenvalue weighted by atomic mass is 35.5. The van der Waals surface area contributed by atoms with E-state index in [9.17, 15) is 0 Å². The van der Waals surface area contributed by atoms with Crippen LogP contribution in [0.25, 0.3) is 0 Å². The van der Waals surface area contributed by atoms with Gasteiger partial charge < -0.3 is 14.4 Å². The predicted octanol–water partition coefficient (Wildman–Crippen LogP) is 5.31. The van der Waals surface area contributed by atoms with Gasteiger partial charge >= 0.3 is 0 Å². The van der Waals surface area contributed by atoms with E-state index in [2.05, 4.69) is 65.6 Å². The summed E-state index contributed by atoms with van der Waals surface area (Å²) in [5.41, 5.74) is 5.74. The molecule has 0 radical (unpaired) electrons. The predicted molar refractivity (Wildman–Crippen MR) is 122 cm³/mol. The van der Waals surface area contributed by atoms with Crippen molar-refractivity contribution in [3.05, 3.63) is 83.9 Å². The average Bonchev–Trinajstić information content (AvgIpc) is 2.77. The molecule has 4 nitrogen and oxygen atoms in total. The average molecular weight is 409 g/mol. The lowest BCUT2D eigenvalue weighted by atomic mass is 9.96. The van der Waals surface area contributed by atoms with Gasteiger partial charge in [-0.3, -0.25) is 4.99 Å². The second kappa shape index (κ2) is 9.48. The number of hydrogen-bond donors (Lipinski definition) is 0. The first-order chi connectivity index (χ1) is 13.8. The summed E-state index contributed by atoms with van der Waals surface area (Å²) in [5.74, 6) is 1.51. The smallest absolute Gasteiger partial charge is 0.161 e. The van der Waals surface area contributed by atoms with Gasteiger partial charge in [0.05, 0.1) is 26.5 Å². The summed E-state index contributed by atoms with van der Waals surface area (Å²) in [5, 5.41) is 0. The highest BCUT2D eigenvalue weighted by Crippen LogP contribution is 2.33. The molecule has 0 amide bonds. The van der Waals surface area contributed by atoms with E-state index < -0.39 is 0 Å². The van der Waals surface area contributed by atoms with Gasteiger partial charge in [-0.15, -0.1) is 12.4 Å². The Morgan fingerprint density at radius 1 is 0.828 bits per heavy atom. The lowest BCUT2D eigenvalue weighted by molar-refractivity contribution is 0.354. The number of ether oxygens (including phenoxy) is 2. The van der Waals surface area contributed by atoms with E-state index in [1.165, 1.54) is 5.56 Å². The number of aliphatic imine (C=N–C) groups is 1. The van der Waals surface area contributed by atoms with E-state index in [0.29, 0.717) is 6.54 Å². The van der Waals surface area contributed by atoms with Gasteiger partial charge in [0.25, 0.3) is 0 Å². The van der Waals surface area contributed by atoms with Crippen LogP contribution in [-0.2, 0) is 6.42 Å². The molecule has 29 heavy (non-hydrogen) atoms. The number of rotatable bonds is 6. The van der Waals surface area contributed by atoms with Gasteiger partial charge in [-0.2, -0.15) is 0 Å². The van der Waals surface area contributed by atoms with Crippen molar-refractivity contribution < 1.29 is 9.47 Å². The van der Waals surface area contributed by atoms with E-state index in [4.69, 9.17) is 14.5 Å². The molecule has 0 unspecified atom stereocenters. The number of halogens is 1. The summed E-state index contributed by atoms with van der Waals surface area (Å²) in [6, 6.07) is 25.0. The third-order valence-corrected chi connectivity index (χ3v) is 5.05. The SMILES string of the molecule is COc1cc2c(cc1OC)C(CN(c1ccccc1)c1ccccc1)=NCC2.Cl. The first-order valence-corrected chi connectivity index (χ1v) is 9.46. The molecule has 0 saturated carbocycles. The van der Waals surface area contributed by atoms with Crippen molar-refractivity contribution in [1.82, 2.24) is 0 Å². The Kier molecular flexibility index (Phi) is 6.78. The fourth-order valence-electron chi connectivity index (χ4n) is 3.63. The molecule has 4 rings (SSSR count). The van der Waals surface area contributed by atoms with Gasteiger partial charge in [0.2, 0.25) is 0 Å². The van der Waals surface area contributed by atoms with Crippen molar-refractivity contribution in [1.29, 1.82) is 0 Å². The maximum atomic E-state index is 5.53. The Hall–Kier alpha value is -2.98. The summed E-state index contributed by atoms with van der Waals surface area (Å²) < 4.78 is 11.0. The van der Waals surface area contributed by atoms with Crippen LogP contribution in [-0.4, -0.2) is 33.0 Å². The Labute approximate surface area is 178 Å². The Bertz CT molecular complexity index is 935. The maximum absolute atomic E-state index is 5.53. The molecule has 5 heteroatoms. The van der Waals surface area contributed by atoms with Crippen molar-refractivity contribution in [2.24, 2.45) is 4.99 Å². The molecule has 0 fully saturated rings. The van der Waals surface area contributed by atoms with Crippen LogP contribution < -0.4 is 14.4 Å². The molecule has 0 aromatic heterocycles. The topological polar surface area (TPSA) is 34.1 Å². The molecule has 0 atom stereocenters. The van der Waals surface area contributed by atoms with Crippen LogP contribution in [0.4, 0.5) is 11.4 Å². The normalized spacial score (nSPS) is 12.3. The van der Waals surface area contributed by atoms with Crippen LogP contribution in [0, 0.1) is 0 Å². The molecule has 0 aliphatic carbocycles. The summed E-state index contributed by atoms with van der Waals surface area (Å²) in [4.78, 5) is 7.17. The van der Waals surface area contributed by atoms with Gasteiger partial charge in [0.15, 0.2) is 11.5 Å². The summed E-state index contributed by atoms with van der Waals surface area (Å²) >= 11 is 0. The number of methoxy groups -OCH3 is 2. The van der Waals surface area contributed by atoms with Gasteiger partial charge in [0.1, 0.15) is 0 Å². The lowest BCUT2D eigenvalue weighted by Gasteiger charge is -2.28. The molecule has 1 aliphatic heterocycles. The van der Waals surface area contributed by atoms with Crippen LogP contribution in [0.15, 0.2) is 77.8 Å². The van der Waals surface area contributed by atoms with Gasteiger partial charge in [-0.25, -0.2) is 0 Å². The number of fused-ring (bicyclic) bond motifs is 1. The Morgan fingerprint density at radius 2 is 1.38 bits per heavy atom. The van der Waals surface area contributed by atoms with Crippen molar-refractivity contribution >= 4 is 29.5 Å². The lowest BCUT2D eigenvalue weighted by Crippen LogP contribution is -2.28. The monoisotopic (exact) mass is 408 g/mol. The van der Waals surface area contributed by atoms with E-state index in [1.54, 1.807) is 14.2 Å². The van der Waals surface area contributed by atoms with Crippen LogP contribution in [0.5, 0.6) is 11.5 Å². The quantitative estimate of drug-likeness (QED) is 0.554. The van der Waals surface area contributed by atoms with Crippen LogP contribution >= 0.6 is 12.4 Å². The fourth-order valence-corrected chi connectivity index (χ4v) is 3.63. The third kappa shape index (κ3) is 4.38. The summed E-state index contributed by atoms with van der Waals surface area (Å²) in [6.07, 6.45) is 0.913. The molecule has 0 saturated heterocycles. The summed E-state index contributed by atoms with van der Waals surface area (Å²) in [7, 11) is 3.35. The standard InChI is InChI=1S/C24H24N2O2.ClH/c1-27-23-15-18-13-14-25-22(21(18)16-24(23)28-2)17-26(19-9-5-3-6-10-19)20-11-7-4-8-12-20;/h3-12,15-16H,13-14,17H2,1-2H3;1H.